The van der Waals surface area contributed by atoms with Gasteiger partial charge in [0.1, 0.15) is 0 Å². The monoisotopic (exact) mass is 458 g/mol. The summed E-state index contributed by atoms with van der Waals surface area (Å²) in [4.78, 5) is 22.1. The Balaban J connectivity index is 0.000000185. The third-order valence-electron chi connectivity index (χ3n) is 10.7. The van der Waals surface area contributed by atoms with E-state index in [9.17, 15) is 14.7 Å². The van der Waals surface area contributed by atoms with Gasteiger partial charge in [0.15, 0.2) is 5.78 Å². The smallest absolute Gasteiger partial charge is 0.303 e. The van der Waals surface area contributed by atoms with Gasteiger partial charge >= 0.3 is 5.97 Å². The van der Waals surface area contributed by atoms with Crippen LogP contribution in [0, 0.1) is 34.5 Å². The van der Waals surface area contributed by atoms with E-state index in [4.69, 9.17) is 5.11 Å². The highest BCUT2D eigenvalue weighted by Crippen LogP contribution is 2.65. The molecule has 0 aromatic rings. The Hall–Kier alpha value is -1.16. The number of ketones is 1. The third-order valence-corrected chi connectivity index (χ3v) is 10.7. The number of aliphatic carboxylic acids is 1. The number of rotatable bonds is 3. The van der Waals surface area contributed by atoms with Crippen LogP contribution < -0.4 is 0 Å². The number of hydrogen-bond acceptors (Lipinski definition) is 3. The van der Waals surface area contributed by atoms with Crippen LogP contribution in [0.5, 0.6) is 0 Å². The molecule has 0 saturated heterocycles. The Labute approximate surface area is 200 Å². The van der Waals surface area contributed by atoms with Crippen LogP contribution in [-0.2, 0) is 9.59 Å². The summed E-state index contributed by atoms with van der Waals surface area (Å²) in [6.07, 6.45) is 19.8. The summed E-state index contributed by atoms with van der Waals surface area (Å²) in [7, 11) is 0. The zero-order valence-corrected chi connectivity index (χ0v) is 21.0. The number of fused-ring (bicyclic) bond motifs is 5. The number of allylic oxidation sites excluding steroid dienone is 1. The van der Waals surface area contributed by atoms with Crippen LogP contribution in [0.3, 0.4) is 0 Å². The van der Waals surface area contributed by atoms with E-state index >= 15 is 0 Å². The predicted molar refractivity (Wildman–Crippen MR) is 131 cm³/mol. The largest absolute Gasteiger partial charge is 0.481 e. The van der Waals surface area contributed by atoms with Crippen LogP contribution in [0.25, 0.3) is 0 Å². The maximum absolute atomic E-state index is 11.8. The van der Waals surface area contributed by atoms with Crippen LogP contribution in [-0.4, -0.2) is 28.1 Å². The molecule has 4 saturated carbocycles. The standard InChI is InChI=1S/C19H28O2.C10H18O2/c1-18-9-7-13(20)11-12(18)3-4-14-15-5-6-17(21)19(15,2)10-8-16(14)18;11-10(12)8-7-9-5-3-1-2-4-6-9/h11,14-17,21H,3-10H2,1-2H3;9H,1-8H2,(H,11,12)/t14-,15-,16-,17-,18-,19-;/m0./s1. The van der Waals surface area contributed by atoms with E-state index < -0.39 is 5.97 Å². The van der Waals surface area contributed by atoms with Gasteiger partial charge in [-0.25, -0.2) is 0 Å². The lowest BCUT2D eigenvalue weighted by Crippen LogP contribution is -2.51. The van der Waals surface area contributed by atoms with Gasteiger partial charge < -0.3 is 10.2 Å². The number of hydrogen-bond donors (Lipinski definition) is 2. The van der Waals surface area contributed by atoms with Crippen molar-refractivity contribution in [2.45, 2.75) is 123 Å². The maximum Gasteiger partial charge on any atom is 0.303 e. The van der Waals surface area contributed by atoms with Crippen molar-refractivity contribution in [1.82, 2.24) is 0 Å². The van der Waals surface area contributed by atoms with Crippen LogP contribution in [0.2, 0.25) is 0 Å². The Morgan fingerprint density at radius 2 is 1.67 bits per heavy atom. The molecule has 4 fully saturated rings. The van der Waals surface area contributed by atoms with E-state index in [1.54, 1.807) is 0 Å². The second-order valence-corrected chi connectivity index (χ2v) is 12.4. The van der Waals surface area contributed by atoms with Crippen molar-refractivity contribution in [2.24, 2.45) is 34.5 Å². The zero-order valence-electron chi connectivity index (χ0n) is 21.0. The molecule has 186 valence electrons. The molecular weight excluding hydrogens is 412 g/mol. The first kappa shape index (κ1) is 24.9. The lowest BCUT2D eigenvalue weighted by molar-refractivity contribution is -0.137. The first-order valence-electron chi connectivity index (χ1n) is 13.9. The van der Waals surface area contributed by atoms with Crippen molar-refractivity contribution >= 4 is 11.8 Å². The van der Waals surface area contributed by atoms with Gasteiger partial charge in [-0.3, -0.25) is 9.59 Å². The second-order valence-electron chi connectivity index (χ2n) is 12.4. The Kier molecular flexibility index (Phi) is 7.73. The highest BCUT2D eigenvalue weighted by atomic mass is 16.4. The molecule has 0 aromatic heterocycles. The summed E-state index contributed by atoms with van der Waals surface area (Å²) >= 11 is 0. The van der Waals surface area contributed by atoms with E-state index in [0.29, 0.717) is 24.0 Å². The van der Waals surface area contributed by atoms with Crippen LogP contribution in [0.4, 0.5) is 0 Å². The minimum absolute atomic E-state index is 0.0823. The van der Waals surface area contributed by atoms with Gasteiger partial charge in [0, 0.05) is 12.8 Å². The van der Waals surface area contributed by atoms with Gasteiger partial charge in [-0.1, -0.05) is 57.9 Å². The fraction of sp³-hybridized carbons (Fsp3) is 0.862. The summed E-state index contributed by atoms with van der Waals surface area (Å²) in [5, 5.41) is 19.0. The Morgan fingerprint density at radius 3 is 2.36 bits per heavy atom. The highest BCUT2D eigenvalue weighted by Gasteiger charge is 2.58. The second kappa shape index (κ2) is 10.2. The molecule has 5 rings (SSSR count). The topological polar surface area (TPSA) is 74.6 Å². The van der Waals surface area contributed by atoms with E-state index in [1.165, 1.54) is 69.8 Å². The quantitative estimate of drug-likeness (QED) is 0.461. The normalized spacial score (nSPS) is 40.9. The van der Waals surface area contributed by atoms with Gasteiger partial charge in [0.05, 0.1) is 6.10 Å². The third kappa shape index (κ3) is 5.11. The number of aliphatic hydroxyl groups excluding tert-OH is 1. The molecule has 0 unspecified atom stereocenters. The van der Waals surface area contributed by atoms with Crippen molar-refractivity contribution in [2.75, 3.05) is 0 Å². The lowest BCUT2D eigenvalue weighted by atomic mass is 9.47. The van der Waals surface area contributed by atoms with Gasteiger partial charge in [0.25, 0.3) is 0 Å². The van der Waals surface area contributed by atoms with Crippen LogP contribution in [0.15, 0.2) is 11.6 Å². The molecule has 6 atom stereocenters. The van der Waals surface area contributed by atoms with Crippen molar-refractivity contribution in [3.8, 4) is 0 Å². The van der Waals surface area contributed by atoms with Crippen LogP contribution in [0.1, 0.15) is 117 Å². The predicted octanol–water partition coefficient (Wildman–Crippen LogP) is 6.70. The summed E-state index contributed by atoms with van der Waals surface area (Å²) in [5.74, 6) is 2.63. The lowest BCUT2D eigenvalue weighted by Gasteiger charge is -2.57. The van der Waals surface area contributed by atoms with E-state index in [2.05, 4.69) is 13.8 Å². The fourth-order valence-corrected chi connectivity index (χ4v) is 8.51. The molecule has 2 N–H and O–H groups in total. The summed E-state index contributed by atoms with van der Waals surface area (Å²) in [5.41, 5.74) is 1.89. The first-order chi connectivity index (χ1) is 15.7. The Bertz CT molecular complexity index is 749. The molecule has 0 radical (unpaired) electrons. The number of carboxylic acid groups (broad SMARTS) is 1. The molecule has 0 spiro atoms. The van der Waals surface area contributed by atoms with E-state index in [1.807, 2.05) is 6.08 Å². The van der Waals surface area contributed by atoms with Gasteiger partial charge in [-0.15, -0.1) is 0 Å². The van der Waals surface area contributed by atoms with Crippen molar-refractivity contribution in [3.63, 3.8) is 0 Å². The molecule has 0 amide bonds. The van der Waals surface area contributed by atoms with Crippen molar-refractivity contribution in [1.29, 1.82) is 0 Å². The molecule has 33 heavy (non-hydrogen) atoms. The number of carbonyl (C=O) groups is 2. The summed E-state index contributed by atoms with van der Waals surface area (Å²) in [6.45, 7) is 4.76. The summed E-state index contributed by atoms with van der Waals surface area (Å²) < 4.78 is 0. The van der Waals surface area contributed by atoms with Crippen molar-refractivity contribution < 1.29 is 19.8 Å². The van der Waals surface area contributed by atoms with E-state index in [-0.39, 0.29) is 16.9 Å². The molecule has 0 heterocycles. The highest BCUT2D eigenvalue weighted by molar-refractivity contribution is 5.91. The molecule has 0 aliphatic heterocycles. The number of carbonyl (C=O) groups excluding carboxylic acids is 1. The zero-order chi connectivity index (χ0) is 23.6. The minimum Gasteiger partial charge on any atom is -0.481 e. The van der Waals surface area contributed by atoms with Gasteiger partial charge in [-0.05, 0) is 91.9 Å². The molecular formula is C29H46O4. The molecule has 4 nitrogen and oxygen atoms in total. The minimum atomic E-state index is -0.640. The van der Waals surface area contributed by atoms with Gasteiger partial charge in [0.2, 0.25) is 0 Å². The van der Waals surface area contributed by atoms with Crippen LogP contribution >= 0.6 is 0 Å². The molecule has 0 bridgehead atoms. The SMILES string of the molecule is C[C@]12CC[C@H]3[C@@H](CCC4=CC(=O)CC[C@@]43C)[C@@H]1CC[C@@H]2O.O=C(O)CCC1CCCCCC1. The number of aliphatic hydroxyl groups is 1. The average molecular weight is 459 g/mol. The fourth-order valence-electron chi connectivity index (χ4n) is 8.51. The molecule has 5 aliphatic rings. The summed E-state index contributed by atoms with van der Waals surface area (Å²) in [6, 6.07) is 0. The molecule has 5 aliphatic carbocycles. The first-order valence-corrected chi connectivity index (χ1v) is 13.9. The maximum atomic E-state index is 11.8. The van der Waals surface area contributed by atoms with E-state index in [0.717, 1.165) is 43.9 Å². The molecule has 0 aromatic carbocycles. The molecule has 4 heteroatoms. The van der Waals surface area contributed by atoms with Gasteiger partial charge in [-0.2, -0.15) is 0 Å². The number of carboxylic acids is 1. The van der Waals surface area contributed by atoms with Crippen molar-refractivity contribution in [3.05, 3.63) is 11.6 Å². The Morgan fingerprint density at radius 1 is 0.939 bits per heavy atom. The average Bonchev–Trinajstić information content (AvgIpc) is 2.95.